The normalized spacial score (nSPS) is 12.4. The fourth-order valence-corrected chi connectivity index (χ4v) is 2.18. The summed E-state index contributed by atoms with van der Waals surface area (Å²) in [4.78, 5) is 8.40. The minimum absolute atomic E-state index is 0.228. The van der Waals surface area contributed by atoms with Crippen LogP contribution in [0.4, 0.5) is 0 Å². The summed E-state index contributed by atoms with van der Waals surface area (Å²) in [6, 6.07) is 7.44. The molecule has 0 aliphatic carbocycles. The molecule has 114 valence electrons. The molecule has 1 unspecified atom stereocenters. The summed E-state index contributed by atoms with van der Waals surface area (Å²) in [5, 5.41) is 10.1. The van der Waals surface area contributed by atoms with Gasteiger partial charge in [0.2, 0.25) is 0 Å². The van der Waals surface area contributed by atoms with Crippen LogP contribution < -0.4 is 0 Å². The van der Waals surface area contributed by atoms with Gasteiger partial charge in [-0.1, -0.05) is 0 Å². The summed E-state index contributed by atoms with van der Waals surface area (Å²) in [6.07, 6.45) is 7.98. The van der Waals surface area contributed by atoms with Gasteiger partial charge < -0.3 is 18.8 Å². The molecule has 3 heterocycles. The van der Waals surface area contributed by atoms with Gasteiger partial charge in [0.25, 0.3) is 0 Å². The van der Waals surface area contributed by atoms with Crippen LogP contribution in [0.1, 0.15) is 5.76 Å². The van der Waals surface area contributed by atoms with Crippen molar-refractivity contribution >= 4 is 0 Å². The highest BCUT2D eigenvalue weighted by molar-refractivity contribution is 5.53. The number of imidazole rings is 1. The van der Waals surface area contributed by atoms with Crippen molar-refractivity contribution in [3.05, 3.63) is 61.1 Å². The van der Waals surface area contributed by atoms with E-state index in [9.17, 15) is 5.11 Å². The van der Waals surface area contributed by atoms with Crippen molar-refractivity contribution in [2.24, 2.45) is 0 Å². The summed E-state index contributed by atoms with van der Waals surface area (Å²) in [7, 11) is 0. The third-order valence-electron chi connectivity index (χ3n) is 3.18. The van der Waals surface area contributed by atoms with E-state index in [4.69, 9.17) is 9.15 Å². The second-order valence-electron chi connectivity index (χ2n) is 4.89. The fraction of sp³-hybridized carbons (Fsp3) is 0.250. The number of nitrogens with zero attached hydrogens (tertiary/aromatic N) is 3. The number of aliphatic hydroxyl groups is 1. The summed E-state index contributed by atoms with van der Waals surface area (Å²) >= 11 is 0. The Morgan fingerprint density at radius 2 is 2.23 bits per heavy atom. The van der Waals surface area contributed by atoms with Crippen molar-refractivity contribution < 1.29 is 14.3 Å². The van der Waals surface area contributed by atoms with E-state index in [1.54, 1.807) is 30.9 Å². The van der Waals surface area contributed by atoms with Crippen LogP contribution in [0.2, 0.25) is 0 Å². The third kappa shape index (κ3) is 3.60. The summed E-state index contributed by atoms with van der Waals surface area (Å²) in [6.45, 7) is 0.983. The molecule has 0 aliphatic heterocycles. The maximum atomic E-state index is 10.1. The smallest absolute Gasteiger partial charge is 0.141 e. The van der Waals surface area contributed by atoms with Gasteiger partial charge in [0, 0.05) is 30.4 Å². The van der Waals surface area contributed by atoms with Crippen molar-refractivity contribution in [2.45, 2.75) is 19.3 Å². The molecule has 0 aliphatic rings. The maximum Gasteiger partial charge on any atom is 0.141 e. The van der Waals surface area contributed by atoms with Gasteiger partial charge in [-0.05, 0) is 24.3 Å². The number of aromatic nitrogens is 3. The summed E-state index contributed by atoms with van der Waals surface area (Å²) in [5.74, 6) is 1.52. The molecule has 6 heteroatoms. The number of hydrogen-bond donors (Lipinski definition) is 1. The lowest BCUT2D eigenvalue weighted by molar-refractivity contribution is 0.0149. The SMILES string of the molecule is OC(COCc1ccco1)Cn1ccnc1-c1cccnc1. The number of pyridine rings is 1. The van der Waals surface area contributed by atoms with Crippen molar-refractivity contribution in [1.29, 1.82) is 0 Å². The van der Waals surface area contributed by atoms with Crippen LogP contribution in [0.5, 0.6) is 0 Å². The Hall–Kier alpha value is -2.44. The second kappa shape index (κ2) is 7.02. The highest BCUT2D eigenvalue weighted by atomic mass is 16.5. The van der Waals surface area contributed by atoms with Crippen molar-refractivity contribution in [1.82, 2.24) is 14.5 Å². The Kier molecular flexibility index (Phi) is 4.62. The Morgan fingerprint density at radius 3 is 3.00 bits per heavy atom. The van der Waals surface area contributed by atoms with E-state index in [0.29, 0.717) is 13.2 Å². The van der Waals surface area contributed by atoms with E-state index in [2.05, 4.69) is 9.97 Å². The second-order valence-corrected chi connectivity index (χ2v) is 4.89. The zero-order valence-corrected chi connectivity index (χ0v) is 12.0. The van der Waals surface area contributed by atoms with Gasteiger partial charge in [-0.2, -0.15) is 0 Å². The monoisotopic (exact) mass is 299 g/mol. The van der Waals surface area contributed by atoms with E-state index in [1.807, 2.05) is 29.0 Å². The zero-order chi connectivity index (χ0) is 15.2. The molecule has 0 radical (unpaired) electrons. The van der Waals surface area contributed by atoms with E-state index in [1.165, 1.54) is 0 Å². The topological polar surface area (TPSA) is 73.3 Å². The number of aliphatic hydroxyl groups excluding tert-OH is 1. The van der Waals surface area contributed by atoms with Gasteiger partial charge >= 0.3 is 0 Å². The molecule has 0 amide bonds. The molecule has 3 rings (SSSR count). The summed E-state index contributed by atoms with van der Waals surface area (Å²) < 4.78 is 12.5. The van der Waals surface area contributed by atoms with Gasteiger partial charge in [-0.15, -0.1) is 0 Å². The maximum absolute atomic E-state index is 10.1. The van der Waals surface area contributed by atoms with Crippen molar-refractivity contribution in [3.63, 3.8) is 0 Å². The highest BCUT2D eigenvalue weighted by Gasteiger charge is 2.11. The molecule has 3 aromatic heterocycles. The Balaban J connectivity index is 1.56. The molecule has 1 N–H and O–H groups in total. The van der Waals surface area contributed by atoms with Gasteiger partial charge in [-0.25, -0.2) is 4.98 Å². The number of rotatable bonds is 7. The molecule has 0 aromatic carbocycles. The molecule has 0 spiro atoms. The predicted octanol–water partition coefficient (Wildman–Crippen LogP) is 2.12. The van der Waals surface area contributed by atoms with Gasteiger partial charge in [0.05, 0.1) is 25.5 Å². The largest absolute Gasteiger partial charge is 0.467 e. The first-order chi connectivity index (χ1) is 10.8. The average Bonchev–Trinajstić information content (AvgIpc) is 3.20. The van der Waals surface area contributed by atoms with Crippen LogP contribution in [0.15, 0.2) is 59.7 Å². The quantitative estimate of drug-likeness (QED) is 0.723. The molecule has 6 nitrogen and oxygen atoms in total. The van der Waals surface area contributed by atoms with E-state index in [0.717, 1.165) is 17.1 Å². The fourth-order valence-electron chi connectivity index (χ4n) is 2.18. The standard InChI is InChI=1S/C16H17N3O3/c20-14(11-21-12-15-4-2-8-22-15)10-19-7-6-18-16(19)13-3-1-5-17-9-13/h1-9,14,20H,10-12H2. The minimum atomic E-state index is -0.625. The highest BCUT2D eigenvalue weighted by Crippen LogP contribution is 2.16. The van der Waals surface area contributed by atoms with E-state index in [-0.39, 0.29) is 6.61 Å². The van der Waals surface area contributed by atoms with Crippen LogP contribution in [0.25, 0.3) is 11.4 Å². The Bertz CT molecular complexity index is 680. The van der Waals surface area contributed by atoms with Crippen molar-refractivity contribution in [3.8, 4) is 11.4 Å². The average molecular weight is 299 g/mol. The number of furan rings is 1. The lowest BCUT2D eigenvalue weighted by Crippen LogP contribution is -2.22. The van der Waals surface area contributed by atoms with Crippen LogP contribution in [0, 0.1) is 0 Å². The summed E-state index contributed by atoms with van der Waals surface area (Å²) in [5.41, 5.74) is 0.913. The van der Waals surface area contributed by atoms with Gasteiger partial charge in [-0.3, -0.25) is 4.98 Å². The molecule has 22 heavy (non-hydrogen) atoms. The Morgan fingerprint density at radius 1 is 1.27 bits per heavy atom. The minimum Gasteiger partial charge on any atom is -0.467 e. The third-order valence-corrected chi connectivity index (χ3v) is 3.18. The van der Waals surface area contributed by atoms with Crippen LogP contribution >= 0.6 is 0 Å². The van der Waals surface area contributed by atoms with Crippen LogP contribution in [-0.2, 0) is 17.9 Å². The first-order valence-corrected chi connectivity index (χ1v) is 7.02. The lowest BCUT2D eigenvalue weighted by Gasteiger charge is -2.13. The molecule has 1 atom stereocenters. The van der Waals surface area contributed by atoms with Gasteiger partial charge in [0.1, 0.15) is 18.2 Å². The van der Waals surface area contributed by atoms with Crippen LogP contribution in [-0.4, -0.2) is 32.4 Å². The molecule has 0 bridgehead atoms. The molecule has 0 saturated heterocycles. The number of ether oxygens (including phenoxy) is 1. The molecular formula is C16H17N3O3. The molecule has 3 aromatic rings. The van der Waals surface area contributed by atoms with E-state index < -0.39 is 6.10 Å². The van der Waals surface area contributed by atoms with Gasteiger partial charge in [0.15, 0.2) is 0 Å². The zero-order valence-electron chi connectivity index (χ0n) is 12.0. The van der Waals surface area contributed by atoms with Crippen molar-refractivity contribution in [2.75, 3.05) is 6.61 Å². The predicted molar refractivity (Wildman–Crippen MR) is 79.8 cm³/mol. The number of hydrogen-bond acceptors (Lipinski definition) is 5. The molecule has 0 fully saturated rings. The van der Waals surface area contributed by atoms with E-state index >= 15 is 0 Å². The molecular weight excluding hydrogens is 282 g/mol. The van der Waals surface area contributed by atoms with Crippen LogP contribution in [0.3, 0.4) is 0 Å². The molecule has 0 saturated carbocycles. The first kappa shape index (κ1) is 14.5. The Labute approximate surface area is 128 Å². The first-order valence-electron chi connectivity index (χ1n) is 7.02. The lowest BCUT2D eigenvalue weighted by atomic mass is 10.2.